The van der Waals surface area contributed by atoms with Gasteiger partial charge in [-0.25, -0.2) is 0 Å². The van der Waals surface area contributed by atoms with Crippen LogP contribution in [0.1, 0.15) is 86.5 Å². The topological polar surface area (TPSA) is 0 Å². The second kappa shape index (κ2) is 14.8. The van der Waals surface area contributed by atoms with Gasteiger partial charge in [0.1, 0.15) is 0 Å². The van der Waals surface area contributed by atoms with Crippen molar-refractivity contribution in [1.82, 2.24) is 0 Å². The summed E-state index contributed by atoms with van der Waals surface area (Å²) in [6.07, 6.45) is 11.6. The van der Waals surface area contributed by atoms with Crippen molar-refractivity contribution in [2.75, 3.05) is 0 Å². The van der Waals surface area contributed by atoms with Gasteiger partial charge in [-0.3, -0.25) is 0 Å². The Hall–Kier alpha value is -0.260. The molecule has 0 N–H and O–H groups in total. The van der Waals surface area contributed by atoms with Crippen LogP contribution in [0, 0.1) is 17.8 Å². The monoisotopic (exact) mass is 254 g/mol. The smallest absolute Gasteiger partial charge is 0.0265 e. The number of hydrogen-bond acceptors (Lipinski definition) is 0. The third-order valence-electron chi connectivity index (χ3n) is 3.60. The van der Waals surface area contributed by atoms with Crippen LogP contribution in [0.25, 0.3) is 0 Å². The first-order chi connectivity index (χ1) is 8.47. The predicted molar refractivity (Wildman–Crippen MR) is 87.0 cm³/mol. The van der Waals surface area contributed by atoms with Gasteiger partial charge in [0.15, 0.2) is 0 Å². The highest BCUT2D eigenvalue weighted by Gasteiger charge is 1.99. The van der Waals surface area contributed by atoms with E-state index in [0.29, 0.717) is 0 Å². The Morgan fingerprint density at radius 1 is 0.889 bits per heavy atom. The summed E-state index contributed by atoms with van der Waals surface area (Å²) in [6, 6.07) is 0. The van der Waals surface area contributed by atoms with Crippen LogP contribution in [-0.2, 0) is 0 Å². The molecule has 0 spiro atoms. The van der Waals surface area contributed by atoms with Crippen LogP contribution in [0.4, 0.5) is 0 Å². The second-order valence-corrected chi connectivity index (χ2v) is 6.19. The normalized spacial score (nSPS) is 13.7. The highest BCUT2D eigenvalue weighted by atomic mass is 14.1. The minimum atomic E-state index is 0.719. The maximum absolute atomic E-state index is 3.74. The Bertz CT molecular complexity index is 157. The van der Waals surface area contributed by atoms with Gasteiger partial charge in [-0.2, -0.15) is 0 Å². The van der Waals surface area contributed by atoms with Crippen molar-refractivity contribution in [3.63, 3.8) is 0 Å². The molecule has 0 heterocycles. The van der Waals surface area contributed by atoms with Crippen molar-refractivity contribution < 1.29 is 0 Å². The Labute approximate surface area is 117 Å². The van der Waals surface area contributed by atoms with Gasteiger partial charge in [0, 0.05) is 0 Å². The van der Waals surface area contributed by atoms with E-state index in [4.69, 9.17) is 0 Å². The van der Waals surface area contributed by atoms with Gasteiger partial charge in [0.2, 0.25) is 0 Å². The lowest BCUT2D eigenvalue weighted by Crippen LogP contribution is -1.95. The summed E-state index contributed by atoms with van der Waals surface area (Å²) in [4.78, 5) is 0. The van der Waals surface area contributed by atoms with E-state index >= 15 is 0 Å². The van der Waals surface area contributed by atoms with Crippen LogP contribution in [0.3, 0.4) is 0 Å². The van der Waals surface area contributed by atoms with E-state index in [1.807, 2.05) is 6.08 Å². The van der Waals surface area contributed by atoms with Crippen LogP contribution >= 0.6 is 0 Å². The zero-order chi connectivity index (χ0) is 14.4. The molecule has 18 heavy (non-hydrogen) atoms. The molecule has 0 aliphatic rings. The average molecular weight is 255 g/mol. The molecule has 0 aromatic heterocycles. The standard InChI is InChI=1S/C9H20.C9H18/c1-5-9(4)7-6-8(2)3;1-4-6-7-8-9(3)5-2/h8-9H,5-7H2,1-4H3;5,9H,2,4,6-8H2,1,3H3. The molecule has 0 saturated heterocycles. The van der Waals surface area contributed by atoms with Gasteiger partial charge >= 0.3 is 0 Å². The summed E-state index contributed by atoms with van der Waals surface area (Å²) in [5.41, 5.74) is 0. The fraction of sp³-hybridized carbons (Fsp3) is 0.889. The minimum absolute atomic E-state index is 0.719. The molecule has 0 fully saturated rings. The lowest BCUT2D eigenvalue weighted by Gasteiger charge is -2.09. The molecule has 2 unspecified atom stereocenters. The molecule has 0 nitrogen and oxygen atoms in total. The highest BCUT2D eigenvalue weighted by Crippen LogP contribution is 2.13. The van der Waals surface area contributed by atoms with E-state index in [-0.39, 0.29) is 0 Å². The molecule has 0 radical (unpaired) electrons. The van der Waals surface area contributed by atoms with Gasteiger partial charge in [-0.1, -0.05) is 86.1 Å². The predicted octanol–water partition coefficient (Wildman–Crippen LogP) is 6.86. The summed E-state index contributed by atoms with van der Waals surface area (Å²) in [5, 5.41) is 0. The Morgan fingerprint density at radius 2 is 1.50 bits per heavy atom. The van der Waals surface area contributed by atoms with Crippen LogP contribution in [0.2, 0.25) is 0 Å². The van der Waals surface area contributed by atoms with Crippen LogP contribution < -0.4 is 0 Å². The number of hydrogen-bond donors (Lipinski definition) is 0. The van der Waals surface area contributed by atoms with E-state index in [9.17, 15) is 0 Å². The third kappa shape index (κ3) is 18.1. The number of unbranched alkanes of at least 4 members (excludes halogenated alkanes) is 2. The van der Waals surface area contributed by atoms with Gasteiger partial charge in [-0.15, -0.1) is 6.58 Å². The first-order valence-electron chi connectivity index (χ1n) is 8.10. The van der Waals surface area contributed by atoms with Crippen LogP contribution in [-0.4, -0.2) is 0 Å². The number of allylic oxidation sites excluding steroid dienone is 1. The second-order valence-electron chi connectivity index (χ2n) is 6.19. The van der Waals surface area contributed by atoms with Crippen LogP contribution in [0.15, 0.2) is 12.7 Å². The molecule has 0 amide bonds. The fourth-order valence-corrected chi connectivity index (χ4v) is 1.66. The van der Waals surface area contributed by atoms with E-state index < -0.39 is 0 Å². The van der Waals surface area contributed by atoms with Gasteiger partial charge in [0.25, 0.3) is 0 Å². The van der Waals surface area contributed by atoms with Crippen molar-refractivity contribution >= 4 is 0 Å². The molecule has 0 aliphatic heterocycles. The first kappa shape index (κ1) is 20.1. The molecule has 2 atom stereocenters. The lowest BCUT2D eigenvalue weighted by atomic mass is 9.98. The van der Waals surface area contributed by atoms with Crippen molar-refractivity contribution in [3.8, 4) is 0 Å². The van der Waals surface area contributed by atoms with E-state index in [1.54, 1.807) is 0 Å². The molecule has 0 bridgehead atoms. The first-order valence-corrected chi connectivity index (χ1v) is 8.10. The summed E-state index contributed by atoms with van der Waals surface area (Å²) >= 11 is 0. The summed E-state index contributed by atoms with van der Waals surface area (Å²) in [5.74, 6) is 2.54. The minimum Gasteiger partial charge on any atom is -0.103 e. The molecule has 0 rings (SSSR count). The van der Waals surface area contributed by atoms with Crippen molar-refractivity contribution in [2.24, 2.45) is 17.8 Å². The summed E-state index contributed by atoms with van der Waals surface area (Å²) in [6.45, 7) is 17.4. The zero-order valence-corrected chi connectivity index (χ0v) is 14.0. The summed E-state index contributed by atoms with van der Waals surface area (Å²) < 4.78 is 0. The van der Waals surface area contributed by atoms with Gasteiger partial charge in [0.05, 0.1) is 0 Å². The Kier molecular flexibility index (Phi) is 16.5. The lowest BCUT2D eigenvalue weighted by molar-refractivity contribution is 0.441. The average Bonchev–Trinajstić information content (AvgIpc) is 2.36. The molecule has 0 aromatic rings. The van der Waals surface area contributed by atoms with E-state index in [1.165, 1.54) is 44.9 Å². The maximum Gasteiger partial charge on any atom is -0.0265 e. The fourth-order valence-electron chi connectivity index (χ4n) is 1.66. The quantitative estimate of drug-likeness (QED) is 0.311. The largest absolute Gasteiger partial charge is 0.103 e. The molecule has 0 saturated carbocycles. The molecule has 0 aliphatic carbocycles. The van der Waals surface area contributed by atoms with Gasteiger partial charge < -0.3 is 0 Å². The third-order valence-corrected chi connectivity index (χ3v) is 3.60. The Balaban J connectivity index is 0. The SMILES string of the molecule is C=CC(C)CCCCC.CCC(C)CCC(C)C. The van der Waals surface area contributed by atoms with Crippen molar-refractivity contribution in [1.29, 1.82) is 0 Å². The summed E-state index contributed by atoms with van der Waals surface area (Å²) in [7, 11) is 0. The van der Waals surface area contributed by atoms with E-state index in [2.05, 4.69) is 48.1 Å². The molecular formula is C18H38. The molecule has 0 heteroatoms. The Morgan fingerprint density at radius 3 is 1.89 bits per heavy atom. The maximum atomic E-state index is 3.74. The highest BCUT2D eigenvalue weighted by molar-refractivity contribution is 4.74. The van der Waals surface area contributed by atoms with Gasteiger partial charge in [-0.05, 0) is 24.2 Å². The van der Waals surface area contributed by atoms with Crippen LogP contribution in [0.5, 0.6) is 0 Å². The van der Waals surface area contributed by atoms with E-state index in [0.717, 1.165) is 17.8 Å². The number of rotatable bonds is 9. The van der Waals surface area contributed by atoms with Crippen molar-refractivity contribution in [2.45, 2.75) is 86.5 Å². The molecule has 110 valence electrons. The zero-order valence-electron chi connectivity index (χ0n) is 14.0. The van der Waals surface area contributed by atoms with Crippen molar-refractivity contribution in [3.05, 3.63) is 12.7 Å². The molecule has 0 aromatic carbocycles. The molecular weight excluding hydrogens is 216 g/mol.